The smallest absolute Gasteiger partial charge is 0.320 e. The topological polar surface area (TPSA) is 37.3 Å². The summed E-state index contributed by atoms with van der Waals surface area (Å²) in [7, 11) is 0. The van der Waals surface area contributed by atoms with Crippen molar-refractivity contribution in [3.63, 3.8) is 0 Å². The largest absolute Gasteiger partial charge is 0.480 e. The molecule has 0 spiro atoms. The van der Waals surface area contributed by atoms with Gasteiger partial charge >= 0.3 is 5.97 Å². The Morgan fingerprint density at radius 2 is 2.00 bits per heavy atom. The summed E-state index contributed by atoms with van der Waals surface area (Å²) in [6, 6.07) is 4.64. The van der Waals surface area contributed by atoms with Gasteiger partial charge in [-0.1, -0.05) is 23.2 Å². The maximum atomic E-state index is 10.6. The minimum atomic E-state index is -1.05. The molecule has 1 aromatic carbocycles. The van der Waals surface area contributed by atoms with E-state index >= 15 is 0 Å². The molecule has 0 saturated heterocycles. The number of aliphatic carboxylic acids is 1. The Morgan fingerprint density at radius 1 is 1.43 bits per heavy atom. The van der Waals surface area contributed by atoms with Crippen LogP contribution in [0.5, 0.6) is 0 Å². The lowest BCUT2D eigenvalue weighted by Crippen LogP contribution is -2.05. The molecular formula is C8H7Cl3O2S. The third-order valence-corrected chi connectivity index (χ3v) is 2.56. The van der Waals surface area contributed by atoms with Crippen molar-refractivity contribution in [2.24, 2.45) is 0 Å². The quantitative estimate of drug-likeness (QED) is 0.810. The van der Waals surface area contributed by atoms with Gasteiger partial charge < -0.3 is 5.11 Å². The lowest BCUT2D eigenvalue weighted by atomic mass is 10.1. The van der Waals surface area contributed by atoms with Crippen molar-refractivity contribution in [2.45, 2.75) is 5.25 Å². The number of thiol groups is 1. The van der Waals surface area contributed by atoms with Crippen molar-refractivity contribution in [3.8, 4) is 0 Å². The first kappa shape index (κ1) is 13.9. The minimum absolute atomic E-state index is 0. The number of halogens is 3. The average molecular weight is 274 g/mol. The fourth-order valence-electron chi connectivity index (χ4n) is 0.857. The van der Waals surface area contributed by atoms with Crippen LogP contribution in [0, 0.1) is 0 Å². The van der Waals surface area contributed by atoms with Crippen molar-refractivity contribution >= 4 is 54.2 Å². The highest BCUT2D eigenvalue weighted by molar-refractivity contribution is 7.81. The summed E-state index contributed by atoms with van der Waals surface area (Å²) < 4.78 is 0. The zero-order valence-corrected chi connectivity index (χ0v) is 10.00. The zero-order valence-electron chi connectivity index (χ0n) is 6.78. The van der Waals surface area contributed by atoms with Gasteiger partial charge in [0.2, 0.25) is 0 Å². The molecule has 1 rings (SSSR count). The van der Waals surface area contributed by atoms with E-state index in [9.17, 15) is 4.79 Å². The molecule has 1 unspecified atom stereocenters. The van der Waals surface area contributed by atoms with E-state index in [1.165, 1.54) is 6.07 Å². The number of hydrogen-bond donors (Lipinski definition) is 2. The van der Waals surface area contributed by atoms with Gasteiger partial charge in [-0.2, -0.15) is 12.6 Å². The van der Waals surface area contributed by atoms with Crippen LogP contribution in [-0.2, 0) is 4.79 Å². The second-order valence-corrected chi connectivity index (χ2v) is 3.77. The number of hydrogen-bond acceptors (Lipinski definition) is 2. The van der Waals surface area contributed by atoms with Crippen molar-refractivity contribution in [2.75, 3.05) is 0 Å². The molecule has 1 atom stereocenters. The Labute approximate surface area is 103 Å². The normalized spacial score (nSPS) is 11.6. The maximum absolute atomic E-state index is 10.6. The lowest BCUT2D eigenvalue weighted by molar-refractivity contribution is -0.136. The van der Waals surface area contributed by atoms with Crippen molar-refractivity contribution in [3.05, 3.63) is 33.8 Å². The third kappa shape index (κ3) is 3.24. The molecule has 0 aliphatic rings. The van der Waals surface area contributed by atoms with Gasteiger partial charge in [-0.15, -0.1) is 12.4 Å². The maximum Gasteiger partial charge on any atom is 0.320 e. The molecule has 0 amide bonds. The first-order valence-corrected chi connectivity index (χ1v) is 4.65. The van der Waals surface area contributed by atoms with Crippen LogP contribution in [0.15, 0.2) is 18.2 Å². The van der Waals surface area contributed by atoms with E-state index in [1.807, 2.05) is 0 Å². The standard InChI is InChI=1S/C8H6Cl2O2S.ClH/c9-4-1-2-6(10)5(3-4)7(13)8(11)12;/h1-3,7,13H,(H,11,12);1H. The first-order valence-electron chi connectivity index (χ1n) is 3.38. The van der Waals surface area contributed by atoms with E-state index in [0.717, 1.165) is 0 Å². The molecule has 0 heterocycles. The fraction of sp³-hybridized carbons (Fsp3) is 0.125. The fourth-order valence-corrected chi connectivity index (χ4v) is 1.55. The number of carbonyl (C=O) groups is 1. The average Bonchev–Trinajstić information content (AvgIpc) is 2.08. The molecule has 14 heavy (non-hydrogen) atoms. The van der Waals surface area contributed by atoms with E-state index in [0.29, 0.717) is 15.6 Å². The van der Waals surface area contributed by atoms with Crippen LogP contribution < -0.4 is 0 Å². The van der Waals surface area contributed by atoms with Gasteiger partial charge in [-0.25, -0.2) is 0 Å². The molecule has 0 fully saturated rings. The van der Waals surface area contributed by atoms with Gasteiger partial charge in [-0.05, 0) is 23.8 Å². The Kier molecular flexibility index (Phi) is 5.67. The number of carboxylic acid groups (broad SMARTS) is 1. The van der Waals surface area contributed by atoms with E-state index < -0.39 is 11.2 Å². The highest BCUT2D eigenvalue weighted by atomic mass is 35.5. The molecule has 1 aromatic rings. The monoisotopic (exact) mass is 272 g/mol. The molecule has 0 radical (unpaired) electrons. The SMILES string of the molecule is Cl.O=C(O)C(S)c1cc(Cl)ccc1Cl. The van der Waals surface area contributed by atoms with Crippen LogP contribution in [0.1, 0.15) is 10.8 Å². The number of rotatable bonds is 2. The Bertz CT molecular complexity index is 343. The molecule has 0 aliphatic carbocycles. The molecule has 78 valence electrons. The summed E-state index contributed by atoms with van der Waals surface area (Å²) in [6.07, 6.45) is 0. The van der Waals surface area contributed by atoms with Gasteiger partial charge in [-0.3, -0.25) is 4.79 Å². The Hall–Kier alpha value is -0.0900. The summed E-state index contributed by atoms with van der Waals surface area (Å²) in [5.74, 6) is -1.05. The van der Waals surface area contributed by atoms with E-state index in [4.69, 9.17) is 28.3 Å². The van der Waals surface area contributed by atoms with Crippen LogP contribution >= 0.6 is 48.2 Å². The Morgan fingerprint density at radius 3 is 2.50 bits per heavy atom. The summed E-state index contributed by atoms with van der Waals surface area (Å²) in [6.45, 7) is 0. The predicted molar refractivity (Wildman–Crippen MR) is 63.1 cm³/mol. The third-order valence-electron chi connectivity index (χ3n) is 1.49. The van der Waals surface area contributed by atoms with Crippen molar-refractivity contribution in [1.82, 2.24) is 0 Å². The molecule has 1 N–H and O–H groups in total. The molecule has 0 bridgehead atoms. The van der Waals surface area contributed by atoms with E-state index in [-0.39, 0.29) is 12.4 Å². The lowest BCUT2D eigenvalue weighted by Gasteiger charge is -2.07. The molecule has 0 aromatic heterocycles. The van der Waals surface area contributed by atoms with Gasteiger partial charge in [0.05, 0.1) is 0 Å². The molecular weight excluding hydrogens is 267 g/mol. The summed E-state index contributed by atoms with van der Waals surface area (Å²) in [5.41, 5.74) is 0.407. The molecule has 2 nitrogen and oxygen atoms in total. The Balaban J connectivity index is 0.00000169. The van der Waals surface area contributed by atoms with E-state index in [2.05, 4.69) is 12.6 Å². The van der Waals surface area contributed by atoms with Crippen LogP contribution in [0.2, 0.25) is 10.0 Å². The summed E-state index contributed by atoms with van der Waals surface area (Å²) in [5, 5.41) is 8.53. The summed E-state index contributed by atoms with van der Waals surface area (Å²) >= 11 is 15.3. The first-order chi connectivity index (χ1) is 6.02. The number of carboxylic acids is 1. The summed E-state index contributed by atoms with van der Waals surface area (Å²) in [4.78, 5) is 10.6. The van der Waals surface area contributed by atoms with Crippen molar-refractivity contribution < 1.29 is 9.90 Å². The van der Waals surface area contributed by atoms with Crippen LogP contribution in [0.25, 0.3) is 0 Å². The van der Waals surface area contributed by atoms with Gasteiger partial charge in [0.25, 0.3) is 0 Å². The van der Waals surface area contributed by atoms with Crippen LogP contribution in [0.3, 0.4) is 0 Å². The highest BCUT2D eigenvalue weighted by Crippen LogP contribution is 2.29. The van der Waals surface area contributed by atoms with Crippen LogP contribution in [-0.4, -0.2) is 11.1 Å². The van der Waals surface area contributed by atoms with Crippen molar-refractivity contribution in [1.29, 1.82) is 0 Å². The molecule has 0 saturated carbocycles. The highest BCUT2D eigenvalue weighted by Gasteiger charge is 2.17. The second-order valence-electron chi connectivity index (χ2n) is 2.41. The van der Waals surface area contributed by atoms with Gasteiger partial charge in [0.1, 0.15) is 5.25 Å². The zero-order chi connectivity index (χ0) is 10.0. The van der Waals surface area contributed by atoms with Crippen LogP contribution in [0.4, 0.5) is 0 Å². The van der Waals surface area contributed by atoms with Gasteiger partial charge in [0.15, 0.2) is 0 Å². The van der Waals surface area contributed by atoms with E-state index in [1.54, 1.807) is 12.1 Å². The minimum Gasteiger partial charge on any atom is -0.480 e. The molecule has 6 heteroatoms. The predicted octanol–water partition coefficient (Wildman–Crippen LogP) is 3.47. The second kappa shape index (κ2) is 5.71. The molecule has 0 aliphatic heterocycles. The van der Waals surface area contributed by atoms with Gasteiger partial charge in [0, 0.05) is 10.0 Å². The number of benzene rings is 1.